The van der Waals surface area contributed by atoms with E-state index in [1.165, 1.54) is 42.0 Å². The number of benzene rings is 1. The number of ether oxygens (including phenoxy) is 1. The lowest BCUT2D eigenvalue weighted by Crippen LogP contribution is -2.40. The number of hydroxylamine groups is 1. The Labute approximate surface area is 178 Å². The predicted octanol–water partition coefficient (Wildman–Crippen LogP) is 1.54. The van der Waals surface area contributed by atoms with Crippen LogP contribution in [0.15, 0.2) is 47.6 Å². The van der Waals surface area contributed by atoms with Crippen LogP contribution in [0.2, 0.25) is 0 Å². The average Bonchev–Trinajstić information content (AvgIpc) is 3.14. The summed E-state index contributed by atoms with van der Waals surface area (Å²) in [4.78, 5) is 21.0. The summed E-state index contributed by atoms with van der Waals surface area (Å²) in [6.45, 7) is 1.43. The van der Waals surface area contributed by atoms with Gasteiger partial charge in [-0.3, -0.25) is 9.63 Å². The van der Waals surface area contributed by atoms with Crippen molar-refractivity contribution in [2.75, 3.05) is 33.4 Å². The minimum atomic E-state index is -3.84. The van der Waals surface area contributed by atoms with Crippen LogP contribution >= 0.6 is 0 Å². The molecule has 11 heteroatoms. The molecule has 0 saturated carbocycles. The first-order valence-electron chi connectivity index (χ1n) is 9.54. The molecule has 0 unspecified atom stereocenters. The second-order valence-corrected chi connectivity index (χ2v) is 8.89. The molecule has 0 atom stereocenters. The van der Waals surface area contributed by atoms with Crippen LogP contribution in [-0.2, 0) is 26.1 Å². The fourth-order valence-electron chi connectivity index (χ4n) is 3.47. The highest BCUT2D eigenvalue weighted by Gasteiger charge is 2.30. The number of sulfonamides is 1. The molecule has 1 fully saturated rings. The van der Waals surface area contributed by atoms with Crippen LogP contribution in [0.25, 0.3) is 10.9 Å². The second-order valence-electron chi connectivity index (χ2n) is 6.99. The Morgan fingerprint density at radius 3 is 2.65 bits per heavy atom. The lowest BCUT2D eigenvalue weighted by atomic mass is 10.2. The van der Waals surface area contributed by atoms with Crippen molar-refractivity contribution in [1.82, 2.24) is 19.3 Å². The molecule has 1 saturated heterocycles. The van der Waals surface area contributed by atoms with Gasteiger partial charge in [-0.05, 0) is 23.8 Å². The summed E-state index contributed by atoms with van der Waals surface area (Å²) in [7, 11) is -2.54. The summed E-state index contributed by atoms with van der Waals surface area (Å²) in [6, 6.07) is 7.38. The SMILES string of the molecule is CONC(=O)c1cc2c(S(=O)(=O)N3CCOCC3)cn(Cc3ccc(F)cc3)c2cn1. The normalized spacial score (nSPS) is 15.3. The van der Waals surface area contributed by atoms with Crippen molar-refractivity contribution in [1.29, 1.82) is 0 Å². The number of nitrogens with zero attached hydrogens (tertiary/aromatic N) is 3. The van der Waals surface area contributed by atoms with E-state index in [1.807, 2.05) is 0 Å². The van der Waals surface area contributed by atoms with Crippen molar-refractivity contribution in [3.8, 4) is 0 Å². The second kappa shape index (κ2) is 8.71. The van der Waals surface area contributed by atoms with E-state index in [-0.39, 0.29) is 29.5 Å². The van der Waals surface area contributed by atoms with Gasteiger partial charge in [0, 0.05) is 31.2 Å². The summed E-state index contributed by atoms with van der Waals surface area (Å²) in [5, 5.41) is 0.366. The molecule has 0 spiro atoms. The summed E-state index contributed by atoms with van der Waals surface area (Å²) in [5.41, 5.74) is 3.52. The van der Waals surface area contributed by atoms with Crippen molar-refractivity contribution < 1.29 is 27.2 Å². The van der Waals surface area contributed by atoms with E-state index in [0.29, 0.717) is 30.7 Å². The third kappa shape index (κ3) is 4.30. The number of halogens is 1. The third-order valence-corrected chi connectivity index (χ3v) is 6.94. The molecule has 1 aromatic carbocycles. The average molecular weight is 448 g/mol. The van der Waals surface area contributed by atoms with Crippen LogP contribution < -0.4 is 5.48 Å². The molecule has 1 N–H and O–H groups in total. The molecule has 0 bridgehead atoms. The number of nitrogens with one attached hydrogen (secondary N) is 1. The minimum Gasteiger partial charge on any atom is -0.379 e. The van der Waals surface area contributed by atoms with Crippen LogP contribution in [-0.4, -0.2) is 61.6 Å². The zero-order valence-electron chi connectivity index (χ0n) is 16.7. The molecular formula is C20H21FN4O5S. The van der Waals surface area contributed by atoms with E-state index in [1.54, 1.807) is 16.7 Å². The number of carbonyl (C=O) groups excluding carboxylic acids is 1. The number of fused-ring (bicyclic) bond motifs is 1. The van der Waals surface area contributed by atoms with E-state index in [2.05, 4.69) is 15.3 Å². The topological polar surface area (TPSA) is 103 Å². The van der Waals surface area contributed by atoms with Gasteiger partial charge in [-0.25, -0.2) is 23.3 Å². The monoisotopic (exact) mass is 448 g/mol. The molecule has 3 aromatic rings. The zero-order valence-corrected chi connectivity index (χ0v) is 17.6. The van der Waals surface area contributed by atoms with E-state index >= 15 is 0 Å². The van der Waals surface area contributed by atoms with E-state index < -0.39 is 15.9 Å². The lowest BCUT2D eigenvalue weighted by Gasteiger charge is -2.25. The molecule has 2 aromatic heterocycles. The Balaban J connectivity index is 1.83. The highest BCUT2D eigenvalue weighted by atomic mass is 32.2. The standard InChI is InChI=1S/C20H21FN4O5S/c1-29-23-20(26)17-10-16-18(11-22-17)24(12-14-2-4-15(21)5-3-14)13-19(16)31(27,28)25-6-8-30-9-7-25/h2-5,10-11,13H,6-9,12H2,1H3,(H,23,26). The smallest absolute Gasteiger partial charge is 0.293 e. The summed E-state index contributed by atoms with van der Waals surface area (Å²) >= 11 is 0. The first-order chi connectivity index (χ1) is 14.9. The van der Waals surface area contributed by atoms with Crippen LogP contribution in [0.3, 0.4) is 0 Å². The Bertz CT molecular complexity index is 1200. The van der Waals surface area contributed by atoms with Crippen LogP contribution in [0.4, 0.5) is 4.39 Å². The summed E-state index contributed by atoms with van der Waals surface area (Å²) in [6.07, 6.45) is 2.97. The number of amides is 1. The molecule has 9 nitrogen and oxygen atoms in total. The zero-order chi connectivity index (χ0) is 22.0. The van der Waals surface area contributed by atoms with Crippen LogP contribution in [0, 0.1) is 5.82 Å². The highest BCUT2D eigenvalue weighted by Crippen LogP contribution is 2.29. The number of pyridine rings is 1. The quantitative estimate of drug-likeness (QED) is 0.574. The molecule has 3 heterocycles. The maximum Gasteiger partial charge on any atom is 0.293 e. The highest BCUT2D eigenvalue weighted by molar-refractivity contribution is 7.89. The van der Waals surface area contributed by atoms with Gasteiger partial charge in [0.25, 0.3) is 5.91 Å². The van der Waals surface area contributed by atoms with E-state index in [9.17, 15) is 17.6 Å². The molecule has 0 aliphatic carbocycles. The number of rotatable bonds is 6. The van der Waals surface area contributed by atoms with Crippen molar-refractivity contribution >= 4 is 26.8 Å². The fraction of sp³-hybridized carbons (Fsp3) is 0.300. The maximum atomic E-state index is 13.4. The third-order valence-electron chi connectivity index (χ3n) is 5.01. The molecule has 4 rings (SSSR count). The minimum absolute atomic E-state index is 0.0207. The van der Waals surface area contributed by atoms with Crippen LogP contribution in [0.5, 0.6) is 0 Å². The molecule has 1 aliphatic rings. The molecule has 1 aliphatic heterocycles. The number of hydrogen-bond donors (Lipinski definition) is 1. The Hall–Kier alpha value is -2.86. The number of carbonyl (C=O) groups is 1. The maximum absolute atomic E-state index is 13.4. The predicted molar refractivity (Wildman–Crippen MR) is 109 cm³/mol. The summed E-state index contributed by atoms with van der Waals surface area (Å²) in [5.74, 6) is -0.947. The van der Waals surface area contributed by atoms with Gasteiger partial charge in [0.05, 0.1) is 32.0 Å². The van der Waals surface area contributed by atoms with Gasteiger partial charge in [-0.2, -0.15) is 4.31 Å². The van der Waals surface area contributed by atoms with E-state index in [0.717, 1.165) is 5.56 Å². The van der Waals surface area contributed by atoms with Gasteiger partial charge in [-0.15, -0.1) is 0 Å². The van der Waals surface area contributed by atoms with Crippen molar-refractivity contribution in [3.05, 3.63) is 59.8 Å². The lowest BCUT2D eigenvalue weighted by molar-refractivity contribution is 0.0532. The largest absolute Gasteiger partial charge is 0.379 e. The first-order valence-corrected chi connectivity index (χ1v) is 11.0. The molecule has 164 valence electrons. The Kier molecular flexibility index (Phi) is 6.01. The van der Waals surface area contributed by atoms with Gasteiger partial charge >= 0.3 is 0 Å². The Morgan fingerprint density at radius 1 is 1.26 bits per heavy atom. The summed E-state index contributed by atoms with van der Waals surface area (Å²) < 4.78 is 48.4. The number of aromatic nitrogens is 2. The molecule has 1 amide bonds. The number of morpholine rings is 1. The number of hydrogen-bond acceptors (Lipinski definition) is 6. The van der Waals surface area contributed by atoms with Gasteiger partial charge in [0.2, 0.25) is 10.0 Å². The van der Waals surface area contributed by atoms with Gasteiger partial charge in [-0.1, -0.05) is 12.1 Å². The molecule has 0 radical (unpaired) electrons. The fourth-order valence-corrected chi connectivity index (χ4v) is 5.08. The van der Waals surface area contributed by atoms with E-state index in [4.69, 9.17) is 4.74 Å². The Morgan fingerprint density at radius 2 is 1.97 bits per heavy atom. The van der Waals surface area contributed by atoms with Gasteiger partial charge in [0.15, 0.2) is 0 Å². The van der Waals surface area contributed by atoms with Crippen molar-refractivity contribution in [2.45, 2.75) is 11.4 Å². The van der Waals surface area contributed by atoms with Gasteiger partial charge in [0.1, 0.15) is 16.4 Å². The van der Waals surface area contributed by atoms with Crippen molar-refractivity contribution in [3.63, 3.8) is 0 Å². The van der Waals surface area contributed by atoms with Crippen LogP contribution in [0.1, 0.15) is 16.1 Å². The molecule has 31 heavy (non-hydrogen) atoms. The van der Waals surface area contributed by atoms with Crippen molar-refractivity contribution in [2.24, 2.45) is 0 Å². The first kappa shape index (κ1) is 21.4. The molecular weight excluding hydrogens is 427 g/mol. The van der Waals surface area contributed by atoms with Gasteiger partial charge < -0.3 is 9.30 Å².